The van der Waals surface area contributed by atoms with Crippen LogP contribution in [0.4, 0.5) is 0 Å². The van der Waals surface area contributed by atoms with E-state index in [-0.39, 0.29) is 0 Å². The van der Waals surface area contributed by atoms with Crippen LogP contribution < -0.4 is 5.32 Å². The third kappa shape index (κ3) is 4.13. The molecule has 1 fully saturated rings. The average molecular weight is 249 g/mol. The van der Waals surface area contributed by atoms with Gasteiger partial charge in [-0.25, -0.2) is 0 Å². The van der Waals surface area contributed by atoms with E-state index in [1.54, 1.807) is 0 Å². The molecule has 0 spiro atoms. The van der Waals surface area contributed by atoms with E-state index in [1.807, 2.05) is 17.9 Å². The Labute approximate surface area is 111 Å². The van der Waals surface area contributed by atoms with Crippen molar-refractivity contribution >= 4 is 0 Å². The van der Waals surface area contributed by atoms with Crippen LogP contribution in [0.1, 0.15) is 50.6 Å². The Balaban J connectivity index is 1.74. The molecule has 1 saturated carbocycles. The molecule has 0 radical (unpaired) electrons. The van der Waals surface area contributed by atoms with Crippen molar-refractivity contribution in [2.24, 2.45) is 13.0 Å². The normalized spacial score (nSPS) is 19.0. The van der Waals surface area contributed by atoms with Gasteiger partial charge in [-0.1, -0.05) is 32.1 Å². The highest BCUT2D eigenvalue weighted by molar-refractivity contribution is 5.01. The van der Waals surface area contributed by atoms with Gasteiger partial charge in [0.05, 0.1) is 5.69 Å². The summed E-state index contributed by atoms with van der Waals surface area (Å²) in [5.74, 6) is 0.985. The molecule has 2 rings (SSSR count). The maximum atomic E-state index is 4.47. The lowest BCUT2D eigenvalue weighted by Crippen LogP contribution is -2.28. The van der Waals surface area contributed by atoms with Crippen molar-refractivity contribution in [2.45, 2.75) is 57.4 Å². The number of likely N-dealkylation sites (N-methyl/N-ethyl adjacent to an activating group) is 1. The van der Waals surface area contributed by atoms with Gasteiger partial charge in [0.25, 0.3) is 0 Å². The largest absolute Gasteiger partial charge is 0.317 e. The third-order valence-corrected chi connectivity index (χ3v) is 4.28. The Kier molecular flexibility index (Phi) is 5.24. The van der Waals surface area contributed by atoms with Crippen LogP contribution in [-0.4, -0.2) is 22.9 Å². The number of hydrogen-bond donors (Lipinski definition) is 1. The predicted octanol–water partition coefficient (Wildman–Crippen LogP) is 2.91. The Morgan fingerprint density at radius 2 is 2.17 bits per heavy atom. The maximum absolute atomic E-state index is 4.47. The predicted molar refractivity (Wildman–Crippen MR) is 75.6 cm³/mol. The molecule has 0 amide bonds. The molecular weight excluding hydrogens is 222 g/mol. The first-order valence-corrected chi connectivity index (χ1v) is 7.43. The second-order valence-corrected chi connectivity index (χ2v) is 5.75. The van der Waals surface area contributed by atoms with Crippen LogP contribution >= 0.6 is 0 Å². The molecule has 1 atom stereocenters. The van der Waals surface area contributed by atoms with E-state index in [1.165, 1.54) is 50.6 Å². The summed E-state index contributed by atoms with van der Waals surface area (Å²) >= 11 is 0. The highest BCUT2D eigenvalue weighted by atomic mass is 15.2. The Morgan fingerprint density at radius 3 is 2.78 bits per heavy atom. The van der Waals surface area contributed by atoms with Crippen molar-refractivity contribution in [1.29, 1.82) is 0 Å². The number of aromatic nitrogens is 2. The minimum atomic E-state index is 0.585. The van der Waals surface area contributed by atoms with Crippen molar-refractivity contribution in [3.8, 4) is 0 Å². The quantitative estimate of drug-likeness (QED) is 0.840. The Hall–Kier alpha value is -0.830. The van der Waals surface area contributed by atoms with Gasteiger partial charge in [0.2, 0.25) is 0 Å². The molecule has 0 saturated heterocycles. The van der Waals surface area contributed by atoms with E-state index >= 15 is 0 Å². The van der Waals surface area contributed by atoms with Gasteiger partial charge in [-0.3, -0.25) is 4.68 Å². The van der Waals surface area contributed by atoms with Crippen LogP contribution in [0, 0.1) is 5.92 Å². The summed E-state index contributed by atoms with van der Waals surface area (Å²) in [6.45, 7) is 0. The van der Waals surface area contributed by atoms with Crippen LogP contribution in [0.2, 0.25) is 0 Å². The lowest BCUT2D eigenvalue weighted by molar-refractivity contribution is 0.315. The van der Waals surface area contributed by atoms with Gasteiger partial charge in [0.1, 0.15) is 0 Å². The molecule has 1 unspecified atom stereocenters. The fourth-order valence-electron chi connectivity index (χ4n) is 3.09. The molecule has 1 aliphatic rings. The molecule has 0 aromatic carbocycles. The van der Waals surface area contributed by atoms with Crippen molar-refractivity contribution < 1.29 is 0 Å². The summed E-state index contributed by atoms with van der Waals surface area (Å²) in [6, 6.07) is 2.71. The Bertz CT molecular complexity index is 339. The number of nitrogens with zero attached hydrogens (tertiary/aromatic N) is 2. The second-order valence-electron chi connectivity index (χ2n) is 5.75. The van der Waals surface area contributed by atoms with Crippen LogP contribution in [0.5, 0.6) is 0 Å². The standard InChI is InChI=1S/C15H27N3/c1-16-14(12-15-10-11-18(2)17-15)9-8-13-6-4-3-5-7-13/h10-11,13-14,16H,3-9,12H2,1-2H3. The van der Waals surface area contributed by atoms with Crippen LogP contribution in [0.15, 0.2) is 12.3 Å². The number of aryl methyl sites for hydroxylation is 1. The fraction of sp³-hybridized carbons (Fsp3) is 0.800. The molecule has 1 N–H and O–H groups in total. The average Bonchev–Trinajstić information content (AvgIpc) is 2.81. The van der Waals surface area contributed by atoms with E-state index < -0.39 is 0 Å². The first kappa shape index (κ1) is 13.6. The SMILES string of the molecule is CNC(CCC1CCCCC1)Cc1ccn(C)n1. The van der Waals surface area contributed by atoms with Gasteiger partial charge in [-0.05, 0) is 31.9 Å². The van der Waals surface area contributed by atoms with Gasteiger partial charge < -0.3 is 5.32 Å². The summed E-state index contributed by atoms with van der Waals surface area (Å²) in [6.07, 6.45) is 13.0. The first-order chi connectivity index (χ1) is 8.78. The molecule has 0 bridgehead atoms. The first-order valence-electron chi connectivity index (χ1n) is 7.43. The third-order valence-electron chi connectivity index (χ3n) is 4.28. The minimum Gasteiger partial charge on any atom is -0.317 e. The van der Waals surface area contributed by atoms with Crippen molar-refractivity contribution in [2.75, 3.05) is 7.05 Å². The summed E-state index contributed by atoms with van der Waals surface area (Å²) < 4.78 is 1.89. The molecule has 102 valence electrons. The van der Waals surface area contributed by atoms with Crippen molar-refractivity contribution in [3.05, 3.63) is 18.0 Å². The number of hydrogen-bond acceptors (Lipinski definition) is 2. The molecule has 3 nitrogen and oxygen atoms in total. The second kappa shape index (κ2) is 6.93. The van der Waals surface area contributed by atoms with E-state index in [0.29, 0.717) is 6.04 Å². The summed E-state index contributed by atoms with van der Waals surface area (Å²) in [4.78, 5) is 0. The van der Waals surface area contributed by atoms with E-state index in [0.717, 1.165) is 12.3 Å². The van der Waals surface area contributed by atoms with Gasteiger partial charge in [0.15, 0.2) is 0 Å². The van der Waals surface area contributed by atoms with Crippen LogP contribution in [0.25, 0.3) is 0 Å². The number of rotatable bonds is 6. The Morgan fingerprint density at radius 1 is 1.39 bits per heavy atom. The highest BCUT2D eigenvalue weighted by Crippen LogP contribution is 2.27. The van der Waals surface area contributed by atoms with Crippen LogP contribution in [0.3, 0.4) is 0 Å². The minimum absolute atomic E-state index is 0.585. The fourth-order valence-corrected chi connectivity index (χ4v) is 3.09. The van der Waals surface area contributed by atoms with Crippen LogP contribution in [-0.2, 0) is 13.5 Å². The van der Waals surface area contributed by atoms with E-state index in [4.69, 9.17) is 0 Å². The summed E-state index contributed by atoms with van der Waals surface area (Å²) in [7, 11) is 4.06. The zero-order valence-electron chi connectivity index (χ0n) is 11.9. The summed E-state index contributed by atoms with van der Waals surface area (Å²) in [5, 5.41) is 7.92. The summed E-state index contributed by atoms with van der Waals surface area (Å²) in [5.41, 5.74) is 1.21. The molecule has 1 aliphatic carbocycles. The van der Waals surface area contributed by atoms with Crippen molar-refractivity contribution in [1.82, 2.24) is 15.1 Å². The van der Waals surface area contributed by atoms with Gasteiger partial charge in [0, 0.05) is 25.7 Å². The van der Waals surface area contributed by atoms with Gasteiger partial charge in [-0.15, -0.1) is 0 Å². The molecule has 18 heavy (non-hydrogen) atoms. The number of nitrogens with one attached hydrogen (secondary N) is 1. The lowest BCUT2D eigenvalue weighted by atomic mass is 9.85. The molecule has 0 aliphatic heterocycles. The smallest absolute Gasteiger partial charge is 0.0639 e. The van der Waals surface area contributed by atoms with E-state index in [2.05, 4.69) is 23.5 Å². The monoisotopic (exact) mass is 249 g/mol. The topological polar surface area (TPSA) is 29.9 Å². The van der Waals surface area contributed by atoms with Gasteiger partial charge >= 0.3 is 0 Å². The molecule has 1 aromatic rings. The molecule has 3 heteroatoms. The highest BCUT2D eigenvalue weighted by Gasteiger charge is 2.16. The zero-order valence-corrected chi connectivity index (χ0v) is 11.9. The molecule has 1 heterocycles. The van der Waals surface area contributed by atoms with Gasteiger partial charge in [-0.2, -0.15) is 5.10 Å². The molecule has 1 aromatic heterocycles. The van der Waals surface area contributed by atoms with E-state index in [9.17, 15) is 0 Å². The zero-order chi connectivity index (χ0) is 12.8. The lowest BCUT2D eigenvalue weighted by Gasteiger charge is -2.23. The molecular formula is C15H27N3. The van der Waals surface area contributed by atoms with Crippen molar-refractivity contribution in [3.63, 3.8) is 0 Å². The maximum Gasteiger partial charge on any atom is 0.0639 e.